The highest BCUT2D eigenvalue weighted by molar-refractivity contribution is 7.89. The van der Waals surface area contributed by atoms with E-state index in [1.165, 1.54) is 18.5 Å². The van der Waals surface area contributed by atoms with E-state index in [0.29, 0.717) is 18.6 Å². The van der Waals surface area contributed by atoms with Gasteiger partial charge in [0, 0.05) is 18.9 Å². The van der Waals surface area contributed by atoms with Gasteiger partial charge in [0.15, 0.2) is 0 Å². The Bertz CT molecular complexity index is 954. The number of hydrogen-bond donors (Lipinski definition) is 1. The minimum atomic E-state index is -3.76. The molecule has 0 aliphatic carbocycles. The van der Waals surface area contributed by atoms with Crippen molar-refractivity contribution in [2.75, 3.05) is 6.54 Å². The summed E-state index contributed by atoms with van der Waals surface area (Å²) in [4.78, 5) is 8.02. The maximum Gasteiger partial charge on any atom is 0.252 e. The fourth-order valence-electron chi connectivity index (χ4n) is 2.20. The lowest BCUT2D eigenvalue weighted by molar-refractivity contribution is 0.579. The maximum absolute atomic E-state index is 12.3. The van der Waals surface area contributed by atoms with Gasteiger partial charge in [-0.25, -0.2) is 22.6 Å². The van der Waals surface area contributed by atoms with E-state index in [4.69, 9.17) is 23.2 Å². The van der Waals surface area contributed by atoms with Crippen molar-refractivity contribution in [2.45, 2.75) is 17.7 Å². The smallest absolute Gasteiger partial charge is 0.219 e. The summed E-state index contributed by atoms with van der Waals surface area (Å²) in [5.74, 6) is 0.521. The summed E-state index contributed by atoms with van der Waals surface area (Å²) in [5.41, 5.74) is 0.933. The molecular formula is C14H13Cl2N5O2S. The molecule has 0 unspecified atom stereocenters. The van der Waals surface area contributed by atoms with E-state index in [1.54, 1.807) is 16.8 Å². The first-order valence-corrected chi connectivity index (χ1v) is 9.29. The molecule has 0 saturated heterocycles. The molecule has 24 heavy (non-hydrogen) atoms. The number of hydrogen-bond acceptors (Lipinski definition) is 5. The molecule has 0 spiro atoms. The average molecular weight is 386 g/mol. The summed E-state index contributed by atoms with van der Waals surface area (Å²) in [6, 6.07) is 4.57. The third kappa shape index (κ3) is 3.67. The van der Waals surface area contributed by atoms with E-state index in [2.05, 4.69) is 19.8 Å². The van der Waals surface area contributed by atoms with Crippen LogP contribution in [0.3, 0.4) is 0 Å². The Morgan fingerprint density at radius 3 is 2.67 bits per heavy atom. The summed E-state index contributed by atoms with van der Waals surface area (Å²) >= 11 is 11.9. The lowest BCUT2D eigenvalue weighted by atomic mass is 10.2. The van der Waals surface area contributed by atoms with Crippen LogP contribution in [0.4, 0.5) is 0 Å². The van der Waals surface area contributed by atoms with Gasteiger partial charge in [-0.15, -0.1) is 0 Å². The Labute approximate surface area is 148 Å². The Morgan fingerprint density at radius 2 is 1.92 bits per heavy atom. The molecule has 2 heterocycles. The van der Waals surface area contributed by atoms with Crippen LogP contribution in [0.2, 0.25) is 10.0 Å². The van der Waals surface area contributed by atoms with Crippen molar-refractivity contribution in [3.8, 4) is 0 Å². The fourth-order valence-corrected chi connectivity index (χ4v) is 4.41. The monoisotopic (exact) mass is 385 g/mol. The minimum absolute atomic E-state index is 0.0934. The standard InChI is InChI=1S/C14H13Cl2N5O2S/c15-11-4-1-5-12(16)13(11)24(22,23)20-6-2-3-10-7-17-14-18-9-19-21(14)8-10/h1,4-5,7-9,20H,2-3,6H2. The normalized spacial score (nSPS) is 11.9. The summed E-state index contributed by atoms with van der Waals surface area (Å²) in [5, 5.41) is 4.19. The molecule has 0 aliphatic heterocycles. The van der Waals surface area contributed by atoms with Crippen LogP contribution in [-0.2, 0) is 16.4 Å². The van der Waals surface area contributed by atoms with Crippen LogP contribution >= 0.6 is 23.2 Å². The van der Waals surface area contributed by atoms with Crippen LogP contribution in [0.25, 0.3) is 5.78 Å². The van der Waals surface area contributed by atoms with E-state index in [1.807, 2.05) is 6.20 Å². The molecule has 7 nitrogen and oxygen atoms in total. The predicted octanol–water partition coefficient (Wildman–Crippen LogP) is 2.34. The Morgan fingerprint density at radius 1 is 1.17 bits per heavy atom. The number of aryl methyl sites for hydroxylation is 1. The molecule has 0 radical (unpaired) electrons. The molecule has 3 aromatic rings. The van der Waals surface area contributed by atoms with Crippen LogP contribution < -0.4 is 4.72 Å². The predicted molar refractivity (Wildman–Crippen MR) is 90.8 cm³/mol. The van der Waals surface area contributed by atoms with Gasteiger partial charge in [-0.3, -0.25) is 0 Å². The Balaban J connectivity index is 1.61. The average Bonchev–Trinajstić information content (AvgIpc) is 2.99. The highest BCUT2D eigenvalue weighted by Crippen LogP contribution is 2.28. The molecule has 126 valence electrons. The van der Waals surface area contributed by atoms with Gasteiger partial charge in [-0.1, -0.05) is 29.3 Å². The van der Waals surface area contributed by atoms with Gasteiger partial charge >= 0.3 is 0 Å². The zero-order valence-corrected chi connectivity index (χ0v) is 14.7. The molecule has 3 rings (SSSR count). The molecule has 0 fully saturated rings. The zero-order valence-electron chi connectivity index (χ0n) is 12.4. The van der Waals surface area contributed by atoms with Crippen molar-refractivity contribution >= 4 is 39.0 Å². The topological polar surface area (TPSA) is 89.2 Å². The molecule has 10 heteroatoms. The lowest BCUT2D eigenvalue weighted by Crippen LogP contribution is -2.25. The number of sulfonamides is 1. The molecule has 2 aromatic heterocycles. The zero-order chi connectivity index (χ0) is 17.2. The van der Waals surface area contributed by atoms with Crippen molar-refractivity contribution in [3.63, 3.8) is 0 Å². The van der Waals surface area contributed by atoms with Gasteiger partial charge in [0.2, 0.25) is 10.0 Å². The Kier molecular flexibility index (Phi) is 5.00. The van der Waals surface area contributed by atoms with E-state index < -0.39 is 10.0 Å². The Hall–Kier alpha value is -1.74. The highest BCUT2D eigenvalue weighted by Gasteiger charge is 2.20. The van der Waals surface area contributed by atoms with Crippen LogP contribution in [-0.4, -0.2) is 34.5 Å². The summed E-state index contributed by atoms with van der Waals surface area (Å²) in [6.45, 7) is 0.249. The van der Waals surface area contributed by atoms with Crippen molar-refractivity contribution in [1.29, 1.82) is 0 Å². The third-order valence-corrected chi connectivity index (χ3v) is 5.73. The van der Waals surface area contributed by atoms with E-state index >= 15 is 0 Å². The molecule has 0 saturated carbocycles. The number of fused-ring (bicyclic) bond motifs is 1. The second-order valence-electron chi connectivity index (χ2n) is 5.02. The number of nitrogens with zero attached hydrogens (tertiary/aromatic N) is 4. The fraction of sp³-hybridized carbons (Fsp3) is 0.214. The van der Waals surface area contributed by atoms with E-state index in [-0.39, 0.29) is 21.5 Å². The summed E-state index contributed by atoms with van der Waals surface area (Å²) in [6.07, 6.45) is 6.16. The molecule has 0 amide bonds. The largest absolute Gasteiger partial charge is 0.252 e. The van der Waals surface area contributed by atoms with Crippen molar-refractivity contribution in [2.24, 2.45) is 0 Å². The van der Waals surface area contributed by atoms with Gasteiger partial charge < -0.3 is 0 Å². The van der Waals surface area contributed by atoms with Crippen LogP contribution in [0, 0.1) is 0 Å². The first-order chi connectivity index (χ1) is 11.5. The van der Waals surface area contributed by atoms with Crippen molar-refractivity contribution < 1.29 is 8.42 Å². The van der Waals surface area contributed by atoms with Gasteiger partial charge in [0.25, 0.3) is 5.78 Å². The van der Waals surface area contributed by atoms with Gasteiger partial charge in [-0.05, 0) is 30.5 Å². The molecular weight excluding hydrogens is 373 g/mol. The number of benzene rings is 1. The number of nitrogens with one attached hydrogen (secondary N) is 1. The van der Waals surface area contributed by atoms with Crippen LogP contribution in [0.15, 0.2) is 41.8 Å². The second kappa shape index (κ2) is 7.02. The molecule has 0 atom stereocenters. The highest BCUT2D eigenvalue weighted by atomic mass is 35.5. The third-order valence-electron chi connectivity index (χ3n) is 3.31. The quantitative estimate of drug-likeness (QED) is 0.657. The first-order valence-electron chi connectivity index (χ1n) is 7.05. The SMILES string of the molecule is O=S(=O)(NCCCc1cnc2ncnn2c1)c1c(Cl)cccc1Cl. The number of rotatable bonds is 6. The molecule has 0 bridgehead atoms. The van der Waals surface area contributed by atoms with Crippen molar-refractivity contribution in [1.82, 2.24) is 24.3 Å². The molecule has 1 N–H and O–H groups in total. The van der Waals surface area contributed by atoms with E-state index in [9.17, 15) is 8.42 Å². The first kappa shape index (κ1) is 17.1. The van der Waals surface area contributed by atoms with Crippen molar-refractivity contribution in [3.05, 3.63) is 52.5 Å². The van der Waals surface area contributed by atoms with Gasteiger partial charge in [0.05, 0.1) is 10.0 Å². The summed E-state index contributed by atoms with van der Waals surface area (Å²) < 4.78 is 28.7. The summed E-state index contributed by atoms with van der Waals surface area (Å²) in [7, 11) is -3.76. The minimum Gasteiger partial charge on any atom is -0.219 e. The molecule has 0 aliphatic rings. The van der Waals surface area contributed by atoms with Gasteiger partial charge in [-0.2, -0.15) is 10.1 Å². The maximum atomic E-state index is 12.3. The van der Waals surface area contributed by atoms with E-state index in [0.717, 1.165) is 5.56 Å². The second-order valence-corrected chi connectivity index (χ2v) is 7.54. The number of aromatic nitrogens is 4. The lowest BCUT2D eigenvalue weighted by Gasteiger charge is -2.09. The van der Waals surface area contributed by atoms with Crippen LogP contribution in [0.1, 0.15) is 12.0 Å². The van der Waals surface area contributed by atoms with Gasteiger partial charge in [0.1, 0.15) is 11.2 Å². The molecule has 1 aromatic carbocycles. The van der Waals surface area contributed by atoms with Crippen LogP contribution in [0.5, 0.6) is 0 Å². The number of halogens is 2.